The minimum atomic E-state index is 0.552. The van der Waals surface area contributed by atoms with Gasteiger partial charge in [0.15, 0.2) is 0 Å². The smallest absolute Gasteiger partial charge is 0.120 e. The van der Waals surface area contributed by atoms with Gasteiger partial charge >= 0.3 is 0 Å². The van der Waals surface area contributed by atoms with E-state index in [1.54, 1.807) is 0 Å². The maximum absolute atomic E-state index is 5.80. The topological polar surface area (TPSA) is 39.7 Å². The largest absolute Gasteiger partial charge is 0.491 e. The Morgan fingerprint density at radius 2 is 1.48 bits per heavy atom. The maximum Gasteiger partial charge on any atom is 0.120 e. The van der Waals surface area contributed by atoms with Gasteiger partial charge in [-0.3, -0.25) is 0 Å². The van der Waals surface area contributed by atoms with Gasteiger partial charge in [-0.2, -0.15) is 0 Å². The van der Waals surface area contributed by atoms with Crippen LogP contribution in [-0.4, -0.2) is 32.4 Å². The molecule has 0 aromatic heterocycles. The van der Waals surface area contributed by atoms with Crippen LogP contribution in [0.25, 0.3) is 0 Å². The summed E-state index contributed by atoms with van der Waals surface area (Å²) in [6.07, 6.45) is 5.35. The Morgan fingerprint density at radius 1 is 0.815 bits per heavy atom. The highest BCUT2D eigenvalue weighted by atomic mass is 79.9. The molecule has 2 aromatic rings. The molecule has 3 rings (SSSR count). The van der Waals surface area contributed by atoms with Crippen molar-refractivity contribution < 1.29 is 14.2 Å². The number of benzene rings is 2. The number of hydrogen-bond donors (Lipinski definition) is 1. The Labute approximate surface area is 170 Å². The molecule has 0 unspecified atom stereocenters. The molecule has 0 saturated heterocycles. The van der Waals surface area contributed by atoms with Gasteiger partial charge in [0, 0.05) is 17.1 Å². The molecular weight excluding hydrogens is 406 g/mol. The van der Waals surface area contributed by atoms with E-state index in [1.807, 2.05) is 48.5 Å². The quantitative estimate of drug-likeness (QED) is 0.508. The van der Waals surface area contributed by atoms with Gasteiger partial charge in [0.1, 0.15) is 24.7 Å². The van der Waals surface area contributed by atoms with Crippen molar-refractivity contribution in [1.29, 1.82) is 0 Å². The lowest BCUT2D eigenvalue weighted by Gasteiger charge is -2.12. The second-order valence-electron chi connectivity index (χ2n) is 6.78. The molecular formula is C22H28BrNO3. The van der Waals surface area contributed by atoms with Crippen molar-refractivity contribution in [1.82, 2.24) is 5.32 Å². The average molecular weight is 434 g/mol. The zero-order valence-corrected chi connectivity index (χ0v) is 17.2. The predicted octanol–water partition coefficient (Wildman–Crippen LogP) is 4.96. The SMILES string of the molecule is Brc1ccc(COc2ccc(OCCOCCNC3CCCC3)cc2)cc1. The van der Waals surface area contributed by atoms with E-state index in [2.05, 4.69) is 21.2 Å². The Kier molecular flexibility index (Phi) is 8.46. The molecule has 0 amide bonds. The molecule has 2 aromatic carbocycles. The molecule has 0 aliphatic heterocycles. The van der Waals surface area contributed by atoms with Crippen molar-refractivity contribution in [3.8, 4) is 11.5 Å². The van der Waals surface area contributed by atoms with Gasteiger partial charge in [-0.25, -0.2) is 0 Å². The summed E-state index contributed by atoms with van der Waals surface area (Å²) in [6, 6.07) is 16.5. The summed E-state index contributed by atoms with van der Waals surface area (Å²) in [5.41, 5.74) is 1.14. The first-order valence-electron chi connectivity index (χ1n) is 9.71. The van der Waals surface area contributed by atoms with E-state index in [4.69, 9.17) is 14.2 Å². The van der Waals surface area contributed by atoms with Crippen LogP contribution in [0.5, 0.6) is 11.5 Å². The lowest BCUT2D eigenvalue weighted by molar-refractivity contribution is 0.100. The van der Waals surface area contributed by atoms with Gasteiger partial charge < -0.3 is 19.5 Å². The van der Waals surface area contributed by atoms with Crippen LogP contribution in [0.15, 0.2) is 53.0 Å². The molecule has 1 fully saturated rings. The zero-order valence-electron chi connectivity index (χ0n) is 15.7. The molecule has 1 saturated carbocycles. The van der Waals surface area contributed by atoms with Crippen molar-refractivity contribution in [2.75, 3.05) is 26.4 Å². The summed E-state index contributed by atoms with van der Waals surface area (Å²) in [7, 11) is 0. The second kappa shape index (κ2) is 11.3. The fourth-order valence-corrected chi connectivity index (χ4v) is 3.43. The van der Waals surface area contributed by atoms with Gasteiger partial charge in [-0.1, -0.05) is 40.9 Å². The summed E-state index contributed by atoms with van der Waals surface area (Å²) in [4.78, 5) is 0. The van der Waals surface area contributed by atoms with E-state index in [1.165, 1.54) is 25.7 Å². The van der Waals surface area contributed by atoms with Crippen LogP contribution in [0, 0.1) is 0 Å². The third-order valence-corrected chi connectivity index (χ3v) is 5.20. The normalized spacial score (nSPS) is 14.4. The Bertz CT molecular complexity index is 654. The molecule has 1 aliphatic rings. The molecule has 0 spiro atoms. The van der Waals surface area contributed by atoms with Crippen LogP contribution in [0.4, 0.5) is 0 Å². The van der Waals surface area contributed by atoms with Crippen molar-refractivity contribution in [3.63, 3.8) is 0 Å². The standard InChI is InChI=1S/C22H28BrNO3/c23-19-7-5-18(6-8-19)17-27-22-11-9-21(10-12-22)26-16-15-25-14-13-24-20-3-1-2-4-20/h5-12,20,24H,1-4,13-17H2. The third kappa shape index (κ3) is 7.53. The first-order chi connectivity index (χ1) is 13.3. The molecule has 1 aliphatic carbocycles. The van der Waals surface area contributed by atoms with Crippen LogP contribution in [0.1, 0.15) is 31.2 Å². The minimum Gasteiger partial charge on any atom is -0.491 e. The molecule has 0 heterocycles. The van der Waals surface area contributed by atoms with E-state index in [0.29, 0.717) is 25.9 Å². The molecule has 5 heteroatoms. The predicted molar refractivity (Wildman–Crippen MR) is 111 cm³/mol. The molecule has 1 N–H and O–H groups in total. The van der Waals surface area contributed by atoms with E-state index in [-0.39, 0.29) is 0 Å². The minimum absolute atomic E-state index is 0.552. The van der Waals surface area contributed by atoms with E-state index < -0.39 is 0 Å². The summed E-state index contributed by atoms with van der Waals surface area (Å²) < 4.78 is 18.2. The van der Waals surface area contributed by atoms with Crippen LogP contribution in [0.3, 0.4) is 0 Å². The number of halogens is 1. The Hall–Kier alpha value is -1.56. The Morgan fingerprint density at radius 3 is 2.19 bits per heavy atom. The van der Waals surface area contributed by atoms with Crippen LogP contribution >= 0.6 is 15.9 Å². The van der Waals surface area contributed by atoms with Gasteiger partial charge in [-0.05, 0) is 54.8 Å². The summed E-state index contributed by atoms with van der Waals surface area (Å²) in [5, 5.41) is 3.54. The van der Waals surface area contributed by atoms with Gasteiger partial charge in [0.05, 0.1) is 13.2 Å². The lowest BCUT2D eigenvalue weighted by atomic mass is 10.2. The van der Waals surface area contributed by atoms with Crippen molar-refractivity contribution >= 4 is 15.9 Å². The summed E-state index contributed by atoms with van der Waals surface area (Å²) in [6.45, 7) is 3.38. The van der Waals surface area contributed by atoms with Crippen molar-refractivity contribution in [3.05, 3.63) is 58.6 Å². The summed E-state index contributed by atoms with van der Waals surface area (Å²) in [5.74, 6) is 1.66. The second-order valence-corrected chi connectivity index (χ2v) is 7.70. The van der Waals surface area contributed by atoms with Gasteiger partial charge in [0.25, 0.3) is 0 Å². The lowest BCUT2D eigenvalue weighted by Crippen LogP contribution is -2.29. The van der Waals surface area contributed by atoms with E-state index >= 15 is 0 Å². The molecule has 0 atom stereocenters. The molecule has 0 bridgehead atoms. The number of rotatable bonds is 11. The highest BCUT2D eigenvalue weighted by Crippen LogP contribution is 2.19. The number of ether oxygens (including phenoxy) is 3. The fourth-order valence-electron chi connectivity index (χ4n) is 3.17. The molecule has 4 nitrogen and oxygen atoms in total. The van der Waals surface area contributed by atoms with Crippen molar-refractivity contribution in [2.45, 2.75) is 38.3 Å². The monoisotopic (exact) mass is 433 g/mol. The highest BCUT2D eigenvalue weighted by molar-refractivity contribution is 9.10. The maximum atomic E-state index is 5.80. The zero-order chi connectivity index (χ0) is 18.7. The average Bonchev–Trinajstić information content (AvgIpc) is 3.21. The highest BCUT2D eigenvalue weighted by Gasteiger charge is 2.13. The van der Waals surface area contributed by atoms with E-state index in [0.717, 1.165) is 34.7 Å². The van der Waals surface area contributed by atoms with Crippen LogP contribution < -0.4 is 14.8 Å². The first kappa shape index (κ1) is 20.2. The van der Waals surface area contributed by atoms with Gasteiger partial charge in [0.2, 0.25) is 0 Å². The van der Waals surface area contributed by atoms with E-state index in [9.17, 15) is 0 Å². The number of hydrogen-bond acceptors (Lipinski definition) is 4. The number of nitrogens with one attached hydrogen (secondary N) is 1. The molecule has 0 radical (unpaired) electrons. The van der Waals surface area contributed by atoms with Gasteiger partial charge in [-0.15, -0.1) is 0 Å². The van der Waals surface area contributed by atoms with Crippen LogP contribution in [-0.2, 0) is 11.3 Å². The van der Waals surface area contributed by atoms with Crippen LogP contribution in [0.2, 0.25) is 0 Å². The third-order valence-electron chi connectivity index (χ3n) is 4.67. The van der Waals surface area contributed by atoms with Crippen molar-refractivity contribution in [2.24, 2.45) is 0 Å². The molecule has 27 heavy (non-hydrogen) atoms. The first-order valence-corrected chi connectivity index (χ1v) is 10.5. The molecule has 146 valence electrons. The Balaban J connectivity index is 1.25. The summed E-state index contributed by atoms with van der Waals surface area (Å²) >= 11 is 3.43. The fraction of sp³-hybridized carbons (Fsp3) is 0.455.